The number of allylic oxidation sites excluding steroid dienone is 3. The number of anilines is 4. The summed E-state index contributed by atoms with van der Waals surface area (Å²) in [6.07, 6.45) is 5.97. The lowest BCUT2D eigenvalue weighted by Gasteiger charge is -2.48. The van der Waals surface area contributed by atoms with Gasteiger partial charge in [-0.2, -0.15) is 0 Å². The topological polar surface area (TPSA) is 6.48 Å². The Morgan fingerprint density at radius 1 is 0.619 bits per heavy atom. The molecule has 0 saturated heterocycles. The van der Waals surface area contributed by atoms with Crippen LogP contribution in [0.2, 0.25) is 0 Å². The lowest BCUT2D eigenvalue weighted by molar-refractivity contribution is 0.332. The quantitative estimate of drug-likeness (QED) is 0.164. The Labute approximate surface area is 383 Å². The molecule has 0 N–H and O–H groups in total. The minimum absolute atomic E-state index is 0.00191. The van der Waals surface area contributed by atoms with Gasteiger partial charge in [-0.1, -0.05) is 164 Å². The molecule has 0 amide bonds. The number of fused-ring (bicyclic) bond motifs is 7. The van der Waals surface area contributed by atoms with Gasteiger partial charge in [0.15, 0.2) is 0 Å². The van der Waals surface area contributed by atoms with E-state index in [0.29, 0.717) is 5.92 Å². The van der Waals surface area contributed by atoms with Gasteiger partial charge in [-0.15, -0.1) is 11.3 Å². The Bertz CT molecular complexity index is 2880. The van der Waals surface area contributed by atoms with E-state index in [9.17, 15) is 0 Å². The molecule has 0 spiro atoms. The molecular formula is C59H67BN2S. The Morgan fingerprint density at radius 2 is 1.19 bits per heavy atom. The SMILES string of the molecule is CC1C=C2C3=C(C1)N(c1ccc(C(C)(C)C)cc1-c1ccccc1)c1c(sc4cc5c(cc14)C(C)(C)CCC5(C)C)B3c1cc(C(C)(C)C)ccc1N2c1ccc(C(C)(C)C)cc1. The Hall–Kier alpha value is -4.80. The Morgan fingerprint density at radius 3 is 1.81 bits per heavy atom. The molecular weight excluding hydrogens is 780 g/mol. The van der Waals surface area contributed by atoms with Crippen molar-refractivity contribution >= 4 is 61.1 Å². The van der Waals surface area contributed by atoms with E-state index in [4.69, 9.17) is 0 Å². The third-order valence-electron chi connectivity index (χ3n) is 15.1. The summed E-state index contributed by atoms with van der Waals surface area (Å²) in [5.41, 5.74) is 20.9. The fourth-order valence-corrected chi connectivity index (χ4v) is 12.5. The average molecular weight is 847 g/mol. The van der Waals surface area contributed by atoms with Crippen molar-refractivity contribution in [1.29, 1.82) is 0 Å². The Balaban J connectivity index is 1.34. The molecule has 5 aromatic carbocycles. The van der Waals surface area contributed by atoms with Crippen LogP contribution < -0.4 is 20.0 Å². The van der Waals surface area contributed by atoms with E-state index in [1.807, 2.05) is 0 Å². The molecule has 2 nitrogen and oxygen atoms in total. The molecule has 0 radical (unpaired) electrons. The number of benzene rings is 5. The summed E-state index contributed by atoms with van der Waals surface area (Å²) in [4.78, 5) is 5.40. The summed E-state index contributed by atoms with van der Waals surface area (Å²) in [7, 11) is 0. The first-order valence-corrected chi connectivity index (χ1v) is 24.5. The molecule has 1 atom stereocenters. The van der Waals surface area contributed by atoms with E-state index in [2.05, 4.69) is 227 Å². The molecule has 0 saturated carbocycles. The zero-order valence-corrected chi connectivity index (χ0v) is 41.3. The maximum atomic E-state index is 2.78. The van der Waals surface area contributed by atoms with Crippen LogP contribution in [0.5, 0.6) is 0 Å². The van der Waals surface area contributed by atoms with Crippen LogP contribution in [0, 0.1) is 5.92 Å². The van der Waals surface area contributed by atoms with Crippen molar-refractivity contribution in [1.82, 2.24) is 0 Å². The summed E-state index contributed by atoms with van der Waals surface area (Å²) in [5, 5.41) is 1.41. The molecule has 4 heteroatoms. The van der Waals surface area contributed by atoms with Gasteiger partial charge >= 0.3 is 0 Å². The van der Waals surface area contributed by atoms with Gasteiger partial charge in [-0.3, -0.25) is 0 Å². The van der Waals surface area contributed by atoms with Crippen LogP contribution >= 0.6 is 11.3 Å². The molecule has 10 rings (SSSR count). The van der Waals surface area contributed by atoms with E-state index in [1.54, 1.807) is 0 Å². The van der Waals surface area contributed by atoms with E-state index >= 15 is 0 Å². The van der Waals surface area contributed by atoms with Crippen molar-refractivity contribution < 1.29 is 0 Å². The van der Waals surface area contributed by atoms with Gasteiger partial charge in [0.05, 0.1) is 11.4 Å². The lowest BCUT2D eigenvalue weighted by atomic mass is 9.34. The third kappa shape index (κ3) is 6.79. The maximum Gasteiger partial charge on any atom is 0.264 e. The zero-order chi connectivity index (χ0) is 44.8. The van der Waals surface area contributed by atoms with Crippen molar-refractivity contribution in [3.05, 3.63) is 154 Å². The van der Waals surface area contributed by atoms with Crippen LogP contribution in [-0.4, -0.2) is 6.71 Å². The van der Waals surface area contributed by atoms with Crippen molar-refractivity contribution in [3.63, 3.8) is 0 Å². The first-order chi connectivity index (χ1) is 29.5. The summed E-state index contributed by atoms with van der Waals surface area (Å²) >= 11 is 2.06. The monoisotopic (exact) mass is 847 g/mol. The van der Waals surface area contributed by atoms with Gasteiger partial charge in [0.25, 0.3) is 6.71 Å². The molecule has 2 aliphatic carbocycles. The van der Waals surface area contributed by atoms with Crippen LogP contribution in [0.25, 0.3) is 21.2 Å². The highest BCUT2D eigenvalue weighted by atomic mass is 32.1. The second kappa shape index (κ2) is 14.1. The first kappa shape index (κ1) is 42.2. The van der Waals surface area contributed by atoms with Crippen LogP contribution in [0.4, 0.5) is 22.7 Å². The first-order valence-electron chi connectivity index (χ1n) is 23.6. The minimum atomic E-state index is 0.00191. The van der Waals surface area contributed by atoms with Crippen LogP contribution in [0.3, 0.4) is 0 Å². The average Bonchev–Trinajstić information content (AvgIpc) is 3.59. The van der Waals surface area contributed by atoms with Gasteiger partial charge in [0.1, 0.15) is 0 Å². The second-order valence-electron chi connectivity index (χ2n) is 23.8. The number of rotatable bonds is 3. The molecule has 1 unspecified atom stereocenters. The van der Waals surface area contributed by atoms with E-state index in [-0.39, 0.29) is 33.8 Å². The molecule has 0 bridgehead atoms. The summed E-state index contributed by atoms with van der Waals surface area (Å²) in [5.74, 6) is 0.335. The maximum absolute atomic E-state index is 2.78. The van der Waals surface area contributed by atoms with Gasteiger partial charge in [0, 0.05) is 43.2 Å². The zero-order valence-electron chi connectivity index (χ0n) is 40.5. The highest BCUT2D eigenvalue weighted by Gasteiger charge is 2.49. The molecule has 0 fully saturated rings. The summed E-state index contributed by atoms with van der Waals surface area (Å²) in [6.45, 7) is 33.5. The fourth-order valence-electron chi connectivity index (χ4n) is 11.1. The predicted molar refractivity (Wildman–Crippen MR) is 276 cm³/mol. The molecule has 3 heterocycles. The Kier molecular flexibility index (Phi) is 9.44. The van der Waals surface area contributed by atoms with Crippen LogP contribution in [0.1, 0.15) is 144 Å². The molecule has 4 aliphatic rings. The van der Waals surface area contributed by atoms with E-state index in [1.165, 1.54) is 112 Å². The second-order valence-corrected chi connectivity index (χ2v) is 24.9. The lowest BCUT2D eigenvalue weighted by Crippen LogP contribution is -2.56. The predicted octanol–water partition coefficient (Wildman–Crippen LogP) is 15.4. The summed E-state index contributed by atoms with van der Waals surface area (Å²) < 4.78 is 2.88. The minimum Gasteiger partial charge on any atom is -0.313 e. The molecule has 2 aliphatic heterocycles. The van der Waals surface area contributed by atoms with Gasteiger partial charge < -0.3 is 9.80 Å². The molecule has 63 heavy (non-hydrogen) atoms. The van der Waals surface area contributed by atoms with Gasteiger partial charge in [-0.05, 0) is 139 Å². The largest absolute Gasteiger partial charge is 0.313 e. The molecule has 1 aromatic heterocycles. The van der Waals surface area contributed by atoms with Crippen LogP contribution in [0.15, 0.2) is 126 Å². The van der Waals surface area contributed by atoms with Crippen LogP contribution in [-0.2, 0) is 27.1 Å². The van der Waals surface area contributed by atoms with Crippen molar-refractivity contribution in [2.24, 2.45) is 5.92 Å². The highest BCUT2D eigenvalue weighted by Crippen LogP contribution is 2.55. The van der Waals surface area contributed by atoms with E-state index in [0.717, 1.165) is 6.42 Å². The van der Waals surface area contributed by atoms with Gasteiger partial charge in [-0.25, -0.2) is 0 Å². The van der Waals surface area contributed by atoms with Gasteiger partial charge in [0.2, 0.25) is 0 Å². The van der Waals surface area contributed by atoms with Crippen molar-refractivity contribution in [3.8, 4) is 11.1 Å². The molecule has 322 valence electrons. The number of hydrogen-bond acceptors (Lipinski definition) is 3. The standard InChI is InChI=1S/C59H67BN2S/c1-36-30-49-52-50(31-36)62(47-26-22-39(56(5,6)7)32-42(47)37-18-16-15-17-19-37)53-43-34-44-45(59(13,14)29-28-58(44,11)12)35-51(43)63-54(53)60(52)46-33-40(57(8,9)10)23-27-48(46)61(49)41-24-20-38(21-25-41)55(2,3)4/h15-27,30,32-36H,28-29,31H2,1-14H3. The van der Waals surface area contributed by atoms with E-state index < -0.39 is 0 Å². The fraction of sp³-hybridized carbons (Fsp3) is 0.390. The number of nitrogens with zero attached hydrogens (tertiary/aromatic N) is 2. The normalized spacial score (nSPS) is 19.1. The third-order valence-corrected chi connectivity index (χ3v) is 16.3. The number of thiophene rings is 1. The molecule has 6 aromatic rings. The number of hydrogen-bond donors (Lipinski definition) is 0. The van der Waals surface area contributed by atoms with Crippen molar-refractivity contribution in [2.75, 3.05) is 9.80 Å². The smallest absolute Gasteiger partial charge is 0.264 e. The van der Waals surface area contributed by atoms with Crippen molar-refractivity contribution in [2.45, 2.75) is 143 Å². The highest BCUT2D eigenvalue weighted by molar-refractivity contribution is 7.32. The summed E-state index contributed by atoms with van der Waals surface area (Å²) in [6, 6.07) is 40.8.